The summed E-state index contributed by atoms with van der Waals surface area (Å²) in [5.41, 5.74) is 1.50. The molecular weight excluding hydrogens is 458 g/mol. The summed E-state index contributed by atoms with van der Waals surface area (Å²) in [6.45, 7) is 0.534. The number of nitrogens with zero attached hydrogens (tertiary/aromatic N) is 1. The zero-order valence-electron chi connectivity index (χ0n) is 18.6. The van der Waals surface area contributed by atoms with Gasteiger partial charge in [0.1, 0.15) is 24.7 Å². The molecule has 0 spiro atoms. The molecule has 3 aromatic carbocycles. The maximum atomic E-state index is 12.3. The van der Waals surface area contributed by atoms with Crippen molar-refractivity contribution in [1.82, 2.24) is 0 Å². The highest BCUT2D eigenvalue weighted by Crippen LogP contribution is 2.37. The predicted molar refractivity (Wildman–Crippen MR) is 129 cm³/mol. The van der Waals surface area contributed by atoms with Gasteiger partial charge in [-0.2, -0.15) is 0 Å². The molecule has 3 aromatic rings. The fraction of sp³-hybridized carbons (Fsp3) is 0.154. The average Bonchev–Trinajstić information content (AvgIpc) is 3.23. The molecule has 174 valence electrons. The highest BCUT2D eigenvalue weighted by Gasteiger charge is 2.24. The fourth-order valence-electron chi connectivity index (χ4n) is 3.23. The van der Waals surface area contributed by atoms with Crippen molar-refractivity contribution in [3.8, 4) is 23.0 Å². The molecule has 1 heterocycles. The number of hydrogen-bond acceptors (Lipinski definition) is 7. The molecule has 0 unspecified atom stereocenters. The molecule has 7 nitrogen and oxygen atoms in total. The van der Waals surface area contributed by atoms with Gasteiger partial charge in [-0.15, -0.1) is 0 Å². The molecule has 0 aliphatic carbocycles. The number of benzene rings is 3. The third-order valence-corrected chi connectivity index (χ3v) is 5.12. The van der Waals surface area contributed by atoms with Crippen LogP contribution in [0.2, 0.25) is 5.02 Å². The van der Waals surface area contributed by atoms with Crippen LogP contribution in [0.4, 0.5) is 0 Å². The lowest BCUT2D eigenvalue weighted by Gasteiger charge is -2.14. The van der Waals surface area contributed by atoms with Crippen molar-refractivity contribution >= 4 is 29.5 Å². The standard InChI is InChI=1S/C26H22ClNO6/c1-30-19-9-6-10-20(16-19)32-11-12-33-24-21(27)13-17(15-23(24)31-2)14-22-26(29)34-25(28-22)18-7-4-3-5-8-18/h3-10,13-16H,11-12H2,1-2H3. The Labute approximate surface area is 202 Å². The van der Waals surface area contributed by atoms with Crippen LogP contribution in [-0.4, -0.2) is 39.3 Å². The van der Waals surface area contributed by atoms with Crippen LogP contribution in [0.5, 0.6) is 23.0 Å². The van der Waals surface area contributed by atoms with Gasteiger partial charge in [0.05, 0.1) is 19.2 Å². The summed E-state index contributed by atoms with van der Waals surface area (Å²) in [5.74, 6) is 1.89. The second-order valence-corrected chi connectivity index (χ2v) is 7.52. The number of carbonyl (C=O) groups is 1. The summed E-state index contributed by atoms with van der Waals surface area (Å²) in [4.78, 5) is 16.6. The van der Waals surface area contributed by atoms with Crippen LogP contribution in [0.15, 0.2) is 77.4 Å². The number of aliphatic imine (C=N–C) groups is 1. The zero-order valence-corrected chi connectivity index (χ0v) is 19.4. The van der Waals surface area contributed by atoms with E-state index in [0.717, 1.165) is 5.56 Å². The summed E-state index contributed by atoms with van der Waals surface area (Å²) in [6, 6.07) is 19.9. The van der Waals surface area contributed by atoms with Crippen LogP contribution in [0, 0.1) is 0 Å². The van der Waals surface area contributed by atoms with Gasteiger partial charge >= 0.3 is 5.97 Å². The third kappa shape index (κ3) is 5.50. The Kier molecular flexibility index (Phi) is 7.34. The van der Waals surface area contributed by atoms with Crippen molar-refractivity contribution in [1.29, 1.82) is 0 Å². The van der Waals surface area contributed by atoms with Crippen molar-refractivity contribution in [3.63, 3.8) is 0 Å². The Bertz CT molecular complexity index is 1240. The molecule has 0 radical (unpaired) electrons. The summed E-state index contributed by atoms with van der Waals surface area (Å²) >= 11 is 6.45. The Morgan fingerprint density at radius 2 is 1.68 bits per heavy atom. The number of ether oxygens (including phenoxy) is 5. The van der Waals surface area contributed by atoms with E-state index in [1.807, 2.05) is 48.5 Å². The molecule has 34 heavy (non-hydrogen) atoms. The van der Waals surface area contributed by atoms with Gasteiger partial charge in [0, 0.05) is 11.6 Å². The van der Waals surface area contributed by atoms with Gasteiger partial charge in [0.15, 0.2) is 17.2 Å². The van der Waals surface area contributed by atoms with Crippen LogP contribution in [0.25, 0.3) is 6.08 Å². The van der Waals surface area contributed by atoms with E-state index in [-0.39, 0.29) is 18.2 Å². The van der Waals surface area contributed by atoms with Crippen molar-refractivity contribution in [3.05, 3.63) is 88.6 Å². The third-order valence-electron chi connectivity index (χ3n) is 4.84. The van der Waals surface area contributed by atoms with Gasteiger partial charge in [-0.05, 0) is 48.0 Å². The molecule has 0 atom stereocenters. The molecule has 0 bridgehead atoms. The summed E-state index contributed by atoms with van der Waals surface area (Å²) in [5, 5.41) is 0.325. The Morgan fingerprint density at radius 3 is 2.44 bits per heavy atom. The first-order chi connectivity index (χ1) is 16.6. The van der Waals surface area contributed by atoms with Gasteiger partial charge in [-0.25, -0.2) is 9.79 Å². The Balaban J connectivity index is 1.45. The smallest absolute Gasteiger partial charge is 0.363 e. The first-order valence-corrected chi connectivity index (χ1v) is 10.8. The lowest BCUT2D eigenvalue weighted by molar-refractivity contribution is -0.129. The molecule has 8 heteroatoms. The molecule has 0 aromatic heterocycles. The molecule has 0 amide bonds. The first kappa shape index (κ1) is 23.2. The topological polar surface area (TPSA) is 75.6 Å². The molecular formula is C26H22ClNO6. The quantitative estimate of drug-likeness (QED) is 0.240. The molecule has 4 rings (SSSR count). The SMILES string of the molecule is COc1cccc(OCCOc2c(Cl)cc(C=C3N=C(c4ccccc4)OC3=O)cc2OC)c1. The molecule has 1 aliphatic heterocycles. The number of rotatable bonds is 9. The summed E-state index contributed by atoms with van der Waals surface area (Å²) in [7, 11) is 3.11. The number of hydrogen-bond donors (Lipinski definition) is 0. The van der Waals surface area contributed by atoms with E-state index in [9.17, 15) is 4.79 Å². The van der Waals surface area contributed by atoms with E-state index < -0.39 is 5.97 Å². The van der Waals surface area contributed by atoms with Crippen LogP contribution in [0.3, 0.4) is 0 Å². The van der Waals surface area contributed by atoms with Crippen LogP contribution < -0.4 is 18.9 Å². The van der Waals surface area contributed by atoms with Gasteiger partial charge in [-0.3, -0.25) is 0 Å². The molecule has 0 fully saturated rings. The van der Waals surface area contributed by atoms with Gasteiger partial charge in [0.2, 0.25) is 5.90 Å². The second-order valence-electron chi connectivity index (χ2n) is 7.11. The van der Waals surface area contributed by atoms with E-state index in [1.54, 1.807) is 31.4 Å². The van der Waals surface area contributed by atoms with Gasteiger partial charge in [0.25, 0.3) is 0 Å². The van der Waals surface area contributed by atoms with Crippen molar-refractivity contribution < 1.29 is 28.5 Å². The minimum atomic E-state index is -0.538. The highest BCUT2D eigenvalue weighted by atomic mass is 35.5. The second kappa shape index (κ2) is 10.8. The maximum Gasteiger partial charge on any atom is 0.363 e. The molecule has 1 aliphatic rings. The minimum absolute atomic E-state index is 0.164. The average molecular weight is 480 g/mol. The van der Waals surface area contributed by atoms with E-state index in [1.165, 1.54) is 7.11 Å². The first-order valence-electron chi connectivity index (χ1n) is 10.4. The Morgan fingerprint density at radius 1 is 0.912 bits per heavy atom. The van der Waals surface area contributed by atoms with Crippen molar-refractivity contribution in [2.75, 3.05) is 27.4 Å². The molecule has 0 saturated heterocycles. The van der Waals surface area contributed by atoms with E-state index in [0.29, 0.717) is 40.2 Å². The van der Waals surface area contributed by atoms with Gasteiger partial charge < -0.3 is 23.7 Å². The number of carbonyl (C=O) groups excluding carboxylic acids is 1. The lowest BCUT2D eigenvalue weighted by Crippen LogP contribution is -2.10. The normalized spacial score (nSPS) is 13.9. The zero-order chi connectivity index (χ0) is 23.9. The van der Waals surface area contributed by atoms with E-state index >= 15 is 0 Å². The minimum Gasteiger partial charge on any atom is -0.497 e. The number of esters is 1. The monoisotopic (exact) mass is 479 g/mol. The van der Waals surface area contributed by atoms with Crippen molar-refractivity contribution in [2.45, 2.75) is 0 Å². The van der Waals surface area contributed by atoms with Crippen LogP contribution in [0.1, 0.15) is 11.1 Å². The lowest BCUT2D eigenvalue weighted by atomic mass is 10.1. The van der Waals surface area contributed by atoms with Crippen LogP contribution >= 0.6 is 11.6 Å². The fourth-order valence-corrected chi connectivity index (χ4v) is 3.50. The molecule has 0 saturated carbocycles. The highest BCUT2D eigenvalue weighted by molar-refractivity contribution is 6.32. The largest absolute Gasteiger partial charge is 0.497 e. The van der Waals surface area contributed by atoms with Gasteiger partial charge in [-0.1, -0.05) is 35.9 Å². The number of cyclic esters (lactones) is 1. The van der Waals surface area contributed by atoms with E-state index in [2.05, 4.69) is 4.99 Å². The molecule has 0 N–H and O–H groups in total. The summed E-state index contributed by atoms with van der Waals surface area (Å²) < 4.78 is 27.4. The predicted octanol–water partition coefficient (Wildman–Crippen LogP) is 5.16. The summed E-state index contributed by atoms with van der Waals surface area (Å²) in [6.07, 6.45) is 1.59. The number of methoxy groups -OCH3 is 2. The van der Waals surface area contributed by atoms with Crippen LogP contribution in [-0.2, 0) is 9.53 Å². The van der Waals surface area contributed by atoms with Crippen molar-refractivity contribution in [2.24, 2.45) is 4.99 Å². The maximum absolute atomic E-state index is 12.3. The van der Waals surface area contributed by atoms with E-state index in [4.69, 9.17) is 35.3 Å². The number of halogens is 1. The Hall–Kier alpha value is -3.97.